The fourth-order valence-electron chi connectivity index (χ4n) is 2.69. The van der Waals surface area contributed by atoms with Crippen molar-refractivity contribution in [2.24, 2.45) is 14.1 Å². The Bertz CT molecular complexity index is 1150. The van der Waals surface area contributed by atoms with E-state index in [0.29, 0.717) is 11.3 Å². The second-order valence-corrected chi connectivity index (χ2v) is 5.94. The molecule has 3 aromatic rings. The number of carbonyl (C=O) groups is 2. The minimum absolute atomic E-state index is 0.105. The third-order valence-electron chi connectivity index (χ3n) is 4.08. The van der Waals surface area contributed by atoms with E-state index >= 15 is 0 Å². The number of nitrogens with one attached hydrogen (secondary N) is 1. The van der Waals surface area contributed by atoms with Gasteiger partial charge in [-0.15, -0.1) is 0 Å². The molecule has 0 bridgehead atoms. The van der Waals surface area contributed by atoms with Crippen LogP contribution < -0.4 is 16.6 Å². The molecule has 2 aromatic heterocycles. The van der Waals surface area contributed by atoms with Gasteiger partial charge >= 0.3 is 5.69 Å². The first-order valence-electron chi connectivity index (χ1n) is 7.81. The van der Waals surface area contributed by atoms with Crippen LogP contribution in [0.4, 0.5) is 5.69 Å². The average molecular weight is 355 g/mol. The third kappa shape index (κ3) is 2.94. The summed E-state index contributed by atoms with van der Waals surface area (Å²) in [5.41, 5.74) is 0.337. The van der Waals surface area contributed by atoms with Crippen molar-refractivity contribution in [3.63, 3.8) is 0 Å². The molecule has 0 radical (unpaired) electrons. The third-order valence-corrected chi connectivity index (χ3v) is 4.08. The number of benzene rings is 1. The zero-order valence-corrected chi connectivity index (χ0v) is 14.5. The highest BCUT2D eigenvalue weighted by Crippen LogP contribution is 2.12. The number of aryl methyl sites for hydroxylation is 1. The van der Waals surface area contributed by atoms with E-state index in [1.165, 1.54) is 36.5 Å². The predicted molar refractivity (Wildman–Crippen MR) is 95.3 cm³/mol. The average Bonchev–Trinajstić information content (AvgIpc) is 3.01. The first kappa shape index (κ1) is 17.3. The van der Waals surface area contributed by atoms with Gasteiger partial charge in [-0.2, -0.15) is 0 Å². The molecular formula is C17H17N5O4. The van der Waals surface area contributed by atoms with E-state index in [1.807, 2.05) is 0 Å². The van der Waals surface area contributed by atoms with E-state index in [4.69, 9.17) is 0 Å². The SMILES string of the molecule is CC(=O)c1cccc(NC(=O)Cn2cnc3c2c(=O)n(C)c(=O)n3C)c1. The summed E-state index contributed by atoms with van der Waals surface area (Å²) in [7, 11) is 2.88. The molecule has 1 aromatic carbocycles. The smallest absolute Gasteiger partial charge is 0.325 e. The summed E-state index contributed by atoms with van der Waals surface area (Å²) in [4.78, 5) is 52.1. The Morgan fingerprint density at radius 1 is 1.15 bits per heavy atom. The van der Waals surface area contributed by atoms with Crippen LogP contribution in [0.15, 0.2) is 40.2 Å². The number of anilines is 1. The van der Waals surface area contributed by atoms with E-state index in [0.717, 1.165) is 4.57 Å². The molecule has 0 saturated carbocycles. The summed E-state index contributed by atoms with van der Waals surface area (Å²) in [5, 5.41) is 2.68. The number of rotatable bonds is 4. The number of fused-ring (bicyclic) bond motifs is 1. The number of carbonyl (C=O) groups excluding carboxylic acids is 2. The minimum Gasteiger partial charge on any atom is -0.325 e. The van der Waals surface area contributed by atoms with Gasteiger partial charge in [-0.05, 0) is 19.1 Å². The molecular weight excluding hydrogens is 338 g/mol. The van der Waals surface area contributed by atoms with Crippen molar-refractivity contribution in [2.75, 3.05) is 5.32 Å². The second kappa shape index (κ2) is 6.43. The van der Waals surface area contributed by atoms with Gasteiger partial charge in [-0.25, -0.2) is 9.78 Å². The van der Waals surface area contributed by atoms with Gasteiger partial charge in [0.15, 0.2) is 16.9 Å². The maximum atomic E-state index is 12.4. The van der Waals surface area contributed by atoms with Gasteiger partial charge < -0.3 is 9.88 Å². The molecule has 0 fully saturated rings. The molecule has 1 N–H and O–H groups in total. The lowest BCUT2D eigenvalue weighted by Gasteiger charge is -2.08. The van der Waals surface area contributed by atoms with Crippen molar-refractivity contribution in [3.05, 3.63) is 57.0 Å². The van der Waals surface area contributed by atoms with Crippen molar-refractivity contribution >= 4 is 28.5 Å². The molecule has 1 amide bonds. The first-order chi connectivity index (χ1) is 12.3. The molecule has 0 unspecified atom stereocenters. The fourth-order valence-corrected chi connectivity index (χ4v) is 2.69. The van der Waals surface area contributed by atoms with Gasteiger partial charge in [0.2, 0.25) is 5.91 Å². The lowest BCUT2D eigenvalue weighted by Crippen LogP contribution is -2.37. The summed E-state index contributed by atoms with van der Waals surface area (Å²) < 4.78 is 3.61. The summed E-state index contributed by atoms with van der Waals surface area (Å²) >= 11 is 0. The van der Waals surface area contributed by atoms with E-state index in [9.17, 15) is 19.2 Å². The molecule has 0 saturated heterocycles. The number of ketones is 1. The highest BCUT2D eigenvalue weighted by molar-refractivity contribution is 5.97. The van der Waals surface area contributed by atoms with E-state index < -0.39 is 11.2 Å². The maximum absolute atomic E-state index is 12.4. The predicted octanol–water partition coefficient (Wildman–Crippen LogP) is 0.275. The van der Waals surface area contributed by atoms with Crippen LogP contribution >= 0.6 is 0 Å². The largest absolute Gasteiger partial charge is 0.332 e. The maximum Gasteiger partial charge on any atom is 0.332 e. The molecule has 2 heterocycles. The molecule has 0 aliphatic heterocycles. The number of hydrogen-bond donors (Lipinski definition) is 1. The molecule has 0 aliphatic rings. The molecule has 26 heavy (non-hydrogen) atoms. The topological polar surface area (TPSA) is 108 Å². The van der Waals surface area contributed by atoms with E-state index in [1.54, 1.807) is 24.3 Å². The highest BCUT2D eigenvalue weighted by Gasteiger charge is 2.16. The lowest BCUT2D eigenvalue weighted by atomic mass is 10.1. The monoisotopic (exact) mass is 355 g/mol. The molecule has 9 nitrogen and oxygen atoms in total. The molecule has 0 aliphatic carbocycles. The molecule has 3 rings (SSSR count). The van der Waals surface area contributed by atoms with Crippen LogP contribution in [-0.2, 0) is 25.4 Å². The summed E-state index contributed by atoms with van der Waals surface area (Å²) in [6.07, 6.45) is 1.34. The summed E-state index contributed by atoms with van der Waals surface area (Å²) in [6.45, 7) is 1.28. The van der Waals surface area contributed by atoms with Crippen LogP contribution in [0, 0.1) is 0 Å². The van der Waals surface area contributed by atoms with Gasteiger partial charge in [0.25, 0.3) is 5.56 Å². The normalized spacial score (nSPS) is 10.9. The Morgan fingerprint density at radius 2 is 1.88 bits per heavy atom. The van der Waals surface area contributed by atoms with Crippen molar-refractivity contribution in [3.8, 4) is 0 Å². The number of nitrogens with zero attached hydrogens (tertiary/aromatic N) is 4. The van der Waals surface area contributed by atoms with Crippen molar-refractivity contribution in [1.82, 2.24) is 18.7 Å². The Labute approximate surface area is 147 Å². The highest BCUT2D eigenvalue weighted by atomic mass is 16.2. The summed E-state index contributed by atoms with van der Waals surface area (Å²) in [5.74, 6) is -0.493. The molecule has 0 spiro atoms. The van der Waals surface area contributed by atoms with Crippen molar-refractivity contribution in [2.45, 2.75) is 13.5 Å². The molecule has 9 heteroatoms. The first-order valence-corrected chi connectivity index (χ1v) is 7.81. The number of Topliss-reactive ketones (excluding diaryl/α,β-unsaturated/α-hetero) is 1. The van der Waals surface area contributed by atoms with Crippen LogP contribution in [-0.4, -0.2) is 30.4 Å². The van der Waals surface area contributed by atoms with Crippen LogP contribution in [0.2, 0.25) is 0 Å². The van der Waals surface area contributed by atoms with Crippen LogP contribution in [0.3, 0.4) is 0 Å². The number of amides is 1. The van der Waals surface area contributed by atoms with Gasteiger partial charge in [-0.3, -0.25) is 23.5 Å². The van der Waals surface area contributed by atoms with Crippen molar-refractivity contribution < 1.29 is 9.59 Å². The number of hydrogen-bond acceptors (Lipinski definition) is 5. The zero-order chi connectivity index (χ0) is 19.0. The van der Waals surface area contributed by atoms with Gasteiger partial charge in [-0.1, -0.05) is 12.1 Å². The van der Waals surface area contributed by atoms with Crippen LogP contribution in [0.25, 0.3) is 11.2 Å². The Morgan fingerprint density at radius 3 is 2.58 bits per heavy atom. The quantitative estimate of drug-likeness (QED) is 0.676. The number of aromatic nitrogens is 4. The van der Waals surface area contributed by atoms with Gasteiger partial charge in [0.1, 0.15) is 6.54 Å². The van der Waals surface area contributed by atoms with Gasteiger partial charge in [0.05, 0.1) is 6.33 Å². The Hall–Kier alpha value is -3.49. The number of imidazole rings is 1. The zero-order valence-electron chi connectivity index (χ0n) is 14.5. The second-order valence-electron chi connectivity index (χ2n) is 5.94. The lowest BCUT2D eigenvalue weighted by molar-refractivity contribution is -0.116. The fraction of sp³-hybridized carbons (Fsp3) is 0.235. The standard InChI is InChI=1S/C17H17N5O4/c1-10(23)11-5-4-6-12(7-11)19-13(24)8-22-9-18-15-14(22)16(25)21(3)17(26)20(15)2/h4-7,9H,8H2,1-3H3,(H,19,24). The van der Waals surface area contributed by atoms with Gasteiger partial charge in [0, 0.05) is 25.3 Å². The van der Waals surface area contributed by atoms with E-state index in [-0.39, 0.29) is 29.4 Å². The van der Waals surface area contributed by atoms with Crippen molar-refractivity contribution in [1.29, 1.82) is 0 Å². The molecule has 134 valence electrons. The summed E-state index contributed by atoms with van der Waals surface area (Å²) in [6, 6.07) is 6.57. The van der Waals surface area contributed by atoms with Crippen LogP contribution in [0.1, 0.15) is 17.3 Å². The minimum atomic E-state index is -0.521. The molecule has 0 atom stereocenters. The Kier molecular flexibility index (Phi) is 4.29. The van der Waals surface area contributed by atoms with Crippen LogP contribution in [0.5, 0.6) is 0 Å². The Balaban J connectivity index is 1.91. The van der Waals surface area contributed by atoms with E-state index in [2.05, 4.69) is 10.3 Å².